The van der Waals surface area contributed by atoms with Crippen molar-refractivity contribution in [2.24, 2.45) is 0 Å². The molecule has 0 aliphatic carbocycles. The normalized spacial score (nSPS) is 11.0. The van der Waals surface area contributed by atoms with E-state index in [1.165, 1.54) is 11.3 Å². The number of aromatic nitrogens is 2. The standard InChI is InChI=1S/C18H20N2O4S/c1-5-6-12-16(17(21)22)25-18-19-15(10(2)20(12)18)11-7-8-13(23-3)14(9-11)24-4/h7-9H,5-6H2,1-4H3,(H,21,22). The highest BCUT2D eigenvalue weighted by Crippen LogP contribution is 2.35. The molecule has 0 spiro atoms. The molecule has 3 aromatic rings. The fourth-order valence-electron chi connectivity index (χ4n) is 3.00. The van der Waals surface area contributed by atoms with Crippen LogP contribution in [0.3, 0.4) is 0 Å². The Morgan fingerprint density at radius 3 is 2.60 bits per heavy atom. The van der Waals surface area contributed by atoms with Crippen molar-refractivity contribution in [3.63, 3.8) is 0 Å². The number of benzene rings is 1. The molecule has 0 amide bonds. The molecule has 0 radical (unpaired) electrons. The third-order valence-corrected chi connectivity index (χ3v) is 5.21. The Kier molecular flexibility index (Phi) is 4.67. The maximum Gasteiger partial charge on any atom is 0.347 e. The van der Waals surface area contributed by atoms with Crippen molar-refractivity contribution in [3.8, 4) is 22.8 Å². The van der Waals surface area contributed by atoms with Crippen molar-refractivity contribution in [1.82, 2.24) is 9.38 Å². The monoisotopic (exact) mass is 360 g/mol. The van der Waals surface area contributed by atoms with Gasteiger partial charge in [0.2, 0.25) is 0 Å². The van der Waals surface area contributed by atoms with Crippen LogP contribution in [0.25, 0.3) is 16.2 Å². The Morgan fingerprint density at radius 2 is 2.00 bits per heavy atom. The van der Waals surface area contributed by atoms with Crippen molar-refractivity contribution in [2.45, 2.75) is 26.7 Å². The highest BCUT2D eigenvalue weighted by molar-refractivity contribution is 7.19. The molecule has 6 nitrogen and oxygen atoms in total. The summed E-state index contributed by atoms with van der Waals surface area (Å²) in [7, 11) is 3.19. The fraction of sp³-hybridized carbons (Fsp3) is 0.333. The average Bonchev–Trinajstić information content (AvgIpc) is 3.12. The minimum Gasteiger partial charge on any atom is -0.493 e. The zero-order valence-corrected chi connectivity index (χ0v) is 15.4. The van der Waals surface area contributed by atoms with Gasteiger partial charge in [-0.05, 0) is 31.5 Å². The zero-order valence-electron chi connectivity index (χ0n) is 14.6. The lowest BCUT2D eigenvalue weighted by molar-refractivity contribution is 0.0700. The number of aromatic carboxylic acids is 1. The zero-order chi connectivity index (χ0) is 18.1. The number of hydrogen-bond donors (Lipinski definition) is 1. The molecular weight excluding hydrogens is 340 g/mol. The van der Waals surface area contributed by atoms with Gasteiger partial charge in [-0.2, -0.15) is 0 Å². The summed E-state index contributed by atoms with van der Waals surface area (Å²) < 4.78 is 12.6. The summed E-state index contributed by atoms with van der Waals surface area (Å²) in [6.07, 6.45) is 1.57. The number of rotatable bonds is 6. The van der Waals surface area contributed by atoms with Gasteiger partial charge in [-0.25, -0.2) is 9.78 Å². The Morgan fingerprint density at radius 1 is 1.28 bits per heavy atom. The molecule has 0 saturated heterocycles. The number of fused-ring (bicyclic) bond motifs is 1. The molecule has 132 valence electrons. The summed E-state index contributed by atoms with van der Waals surface area (Å²) in [5, 5.41) is 9.45. The van der Waals surface area contributed by atoms with Gasteiger partial charge in [0.05, 0.1) is 19.9 Å². The molecule has 3 rings (SSSR count). The summed E-state index contributed by atoms with van der Waals surface area (Å²) in [6.45, 7) is 4.00. The molecule has 0 atom stereocenters. The first-order chi connectivity index (χ1) is 12.0. The van der Waals surface area contributed by atoms with Gasteiger partial charge in [-0.1, -0.05) is 24.7 Å². The van der Waals surface area contributed by atoms with Crippen molar-refractivity contribution in [2.75, 3.05) is 14.2 Å². The van der Waals surface area contributed by atoms with Gasteiger partial charge >= 0.3 is 5.97 Å². The van der Waals surface area contributed by atoms with Gasteiger partial charge in [0.15, 0.2) is 16.5 Å². The number of aryl methyl sites for hydroxylation is 2. The lowest BCUT2D eigenvalue weighted by atomic mass is 10.1. The third kappa shape index (κ3) is 2.84. The van der Waals surface area contributed by atoms with Crippen LogP contribution >= 0.6 is 11.3 Å². The van der Waals surface area contributed by atoms with E-state index in [0.717, 1.165) is 29.1 Å². The van der Waals surface area contributed by atoms with E-state index in [9.17, 15) is 9.90 Å². The van der Waals surface area contributed by atoms with Crippen LogP contribution in [0.4, 0.5) is 0 Å². The van der Waals surface area contributed by atoms with Crippen LogP contribution in [0.2, 0.25) is 0 Å². The van der Waals surface area contributed by atoms with Gasteiger partial charge in [0, 0.05) is 17.0 Å². The molecule has 2 aromatic heterocycles. The van der Waals surface area contributed by atoms with Crippen LogP contribution < -0.4 is 9.47 Å². The van der Waals surface area contributed by atoms with E-state index in [2.05, 4.69) is 4.98 Å². The maximum atomic E-state index is 11.5. The highest BCUT2D eigenvalue weighted by Gasteiger charge is 2.22. The Balaban J connectivity index is 2.19. The second-order valence-corrected chi connectivity index (χ2v) is 6.64. The summed E-state index contributed by atoms with van der Waals surface area (Å²) >= 11 is 1.22. The number of carboxylic acids is 1. The van der Waals surface area contributed by atoms with Gasteiger partial charge in [0.25, 0.3) is 0 Å². The second-order valence-electron chi connectivity index (χ2n) is 5.67. The van der Waals surface area contributed by atoms with E-state index in [0.29, 0.717) is 27.8 Å². The van der Waals surface area contributed by atoms with Crippen molar-refractivity contribution >= 4 is 22.3 Å². The van der Waals surface area contributed by atoms with E-state index in [1.54, 1.807) is 14.2 Å². The van der Waals surface area contributed by atoms with Crippen LogP contribution in [0.1, 0.15) is 34.4 Å². The first-order valence-electron chi connectivity index (χ1n) is 7.98. The van der Waals surface area contributed by atoms with Crippen LogP contribution in [-0.4, -0.2) is 34.7 Å². The van der Waals surface area contributed by atoms with Gasteiger partial charge < -0.3 is 14.6 Å². The largest absolute Gasteiger partial charge is 0.493 e. The first kappa shape index (κ1) is 17.3. The number of methoxy groups -OCH3 is 2. The maximum absolute atomic E-state index is 11.5. The molecule has 0 saturated carbocycles. The second kappa shape index (κ2) is 6.76. The number of carboxylic acid groups (broad SMARTS) is 1. The van der Waals surface area contributed by atoms with Gasteiger partial charge in [-0.3, -0.25) is 4.40 Å². The Bertz CT molecular complexity index is 942. The number of ether oxygens (including phenoxy) is 2. The van der Waals surface area contributed by atoms with Crippen molar-refractivity contribution in [1.29, 1.82) is 0 Å². The molecule has 1 N–H and O–H groups in total. The Labute approximate surface area is 149 Å². The topological polar surface area (TPSA) is 73.1 Å². The Hall–Kier alpha value is -2.54. The van der Waals surface area contributed by atoms with Crippen LogP contribution in [0.15, 0.2) is 18.2 Å². The number of imidazole rings is 1. The summed E-state index contributed by atoms with van der Waals surface area (Å²) in [6, 6.07) is 5.66. The molecule has 0 unspecified atom stereocenters. The lowest BCUT2D eigenvalue weighted by Gasteiger charge is -2.09. The minimum atomic E-state index is -0.897. The molecule has 0 aliphatic rings. The van der Waals surface area contributed by atoms with Gasteiger partial charge in [-0.15, -0.1) is 0 Å². The summed E-state index contributed by atoms with van der Waals surface area (Å²) in [5.41, 5.74) is 3.47. The van der Waals surface area contributed by atoms with Crippen molar-refractivity contribution < 1.29 is 19.4 Å². The van der Waals surface area contributed by atoms with E-state index in [4.69, 9.17) is 9.47 Å². The number of thiazole rings is 1. The molecule has 0 bridgehead atoms. The van der Waals surface area contributed by atoms with Crippen molar-refractivity contribution in [3.05, 3.63) is 34.5 Å². The van der Waals surface area contributed by atoms with E-state index in [1.807, 2.05) is 36.4 Å². The minimum absolute atomic E-state index is 0.367. The summed E-state index contributed by atoms with van der Waals surface area (Å²) in [4.78, 5) is 17.3. The highest BCUT2D eigenvalue weighted by atomic mass is 32.1. The quantitative estimate of drug-likeness (QED) is 0.718. The lowest BCUT2D eigenvalue weighted by Crippen LogP contribution is -2.02. The van der Waals surface area contributed by atoms with Crippen LogP contribution in [0.5, 0.6) is 11.5 Å². The molecule has 1 aromatic carbocycles. The molecule has 2 heterocycles. The molecule has 0 aliphatic heterocycles. The number of hydrogen-bond acceptors (Lipinski definition) is 5. The molecule has 25 heavy (non-hydrogen) atoms. The molecular formula is C18H20N2O4S. The van der Waals surface area contributed by atoms with E-state index >= 15 is 0 Å². The van der Waals surface area contributed by atoms with Crippen LogP contribution in [-0.2, 0) is 6.42 Å². The predicted molar refractivity (Wildman–Crippen MR) is 97.3 cm³/mol. The molecule has 0 fully saturated rings. The third-order valence-electron chi connectivity index (χ3n) is 4.14. The number of nitrogens with zero attached hydrogens (tertiary/aromatic N) is 2. The predicted octanol–water partition coefficient (Wildman–Crippen LogP) is 4.04. The number of carbonyl (C=O) groups is 1. The van der Waals surface area contributed by atoms with E-state index in [-0.39, 0.29) is 0 Å². The smallest absolute Gasteiger partial charge is 0.347 e. The first-order valence-corrected chi connectivity index (χ1v) is 8.79. The summed E-state index contributed by atoms with van der Waals surface area (Å²) in [5.74, 6) is 0.395. The van der Waals surface area contributed by atoms with Gasteiger partial charge in [0.1, 0.15) is 4.88 Å². The molecule has 7 heteroatoms. The van der Waals surface area contributed by atoms with E-state index < -0.39 is 5.97 Å². The van der Waals surface area contributed by atoms with Crippen LogP contribution in [0, 0.1) is 6.92 Å². The average molecular weight is 360 g/mol. The fourth-order valence-corrected chi connectivity index (χ4v) is 4.06. The SMILES string of the molecule is CCCc1c(C(=O)O)sc2nc(-c3ccc(OC)c(OC)c3)c(C)n12.